The van der Waals surface area contributed by atoms with Crippen molar-refractivity contribution in [2.24, 2.45) is 5.73 Å². The number of aliphatic carboxylic acids is 3. The van der Waals surface area contributed by atoms with E-state index in [1.807, 2.05) is 43.3 Å². The van der Waals surface area contributed by atoms with Crippen molar-refractivity contribution in [3.63, 3.8) is 0 Å². The number of amides is 1. The fraction of sp³-hybridized carbons (Fsp3) is 0.276. The highest BCUT2D eigenvalue weighted by Gasteiger charge is 2.40. The summed E-state index contributed by atoms with van der Waals surface area (Å²) >= 11 is 12.1. The van der Waals surface area contributed by atoms with E-state index in [2.05, 4.69) is 11.4 Å². The Hall–Kier alpha value is -4.21. The Bertz CT molecular complexity index is 1520. The Morgan fingerprint density at radius 3 is 2.12 bits per heavy atom. The Labute approximate surface area is 251 Å². The molecule has 0 unspecified atom stereocenters. The van der Waals surface area contributed by atoms with Crippen LogP contribution < -0.4 is 11.1 Å². The van der Waals surface area contributed by atoms with Gasteiger partial charge < -0.3 is 31.5 Å². The van der Waals surface area contributed by atoms with Gasteiger partial charge in [0.1, 0.15) is 0 Å². The largest absolute Gasteiger partial charge is 0.481 e. The molecule has 0 saturated heterocycles. The van der Waals surface area contributed by atoms with Crippen LogP contribution in [0.5, 0.6) is 0 Å². The van der Waals surface area contributed by atoms with E-state index in [0.29, 0.717) is 40.7 Å². The van der Waals surface area contributed by atoms with Gasteiger partial charge >= 0.3 is 17.9 Å². The third-order valence-corrected chi connectivity index (χ3v) is 7.09. The molecule has 0 radical (unpaired) electrons. The molecule has 42 heavy (non-hydrogen) atoms. The van der Waals surface area contributed by atoms with Crippen LogP contribution in [0.2, 0.25) is 10.0 Å². The minimum Gasteiger partial charge on any atom is -0.481 e. The van der Waals surface area contributed by atoms with E-state index >= 15 is 0 Å². The first-order chi connectivity index (χ1) is 19.8. The number of carboxylic acids is 3. The van der Waals surface area contributed by atoms with E-state index in [0.717, 1.165) is 21.9 Å². The Balaban J connectivity index is 0.000000401. The summed E-state index contributed by atoms with van der Waals surface area (Å²) < 4.78 is 0. The maximum Gasteiger partial charge on any atom is 0.336 e. The number of benzene rings is 3. The summed E-state index contributed by atoms with van der Waals surface area (Å²) in [7, 11) is 0. The van der Waals surface area contributed by atoms with Crippen molar-refractivity contribution in [1.29, 1.82) is 5.26 Å². The molecule has 0 aliphatic heterocycles. The van der Waals surface area contributed by atoms with Gasteiger partial charge in [0.2, 0.25) is 0 Å². The summed E-state index contributed by atoms with van der Waals surface area (Å²) in [6.45, 7) is 2.64. The lowest BCUT2D eigenvalue weighted by Gasteiger charge is -2.19. The van der Waals surface area contributed by atoms with Crippen LogP contribution in [0.25, 0.3) is 10.8 Å². The van der Waals surface area contributed by atoms with Gasteiger partial charge in [-0.25, -0.2) is 4.79 Å². The fourth-order valence-electron chi connectivity index (χ4n) is 4.24. The van der Waals surface area contributed by atoms with E-state index in [4.69, 9.17) is 49.4 Å². The van der Waals surface area contributed by atoms with Crippen LogP contribution in [0.15, 0.2) is 48.5 Å². The molecule has 0 aliphatic rings. The van der Waals surface area contributed by atoms with Crippen LogP contribution in [0.1, 0.15) is 52.7 Å². The number of hydrogen-bond acceptors (Lipinski definition) is 7. The molecule has 0 saturated carbocycles. The molecule has 13 heteroatoms. The van der Waals surface area contributed by atoms with Crippen molar-refractivity contribution in [3.8, 4) is 6.07 Å². The van der Waals surface area contributed by atoms with Crippen molar-refractivity contribution in [3.05, 3.63) is 80.8 Å². The summed E-state index contributed by atoms with van der Waals surface area (Å²) in [6.07, 6.45) is -1.70. The van der Waals surface area contributed by atoms with Crippen LogP contribution in [-0.2, 0) is 20.8 Å². The number of nitriles is 1. The van der Waals surface area contributed by atoms with Gasteiger partial charge in [0.15, 0.2) is 5.60 Å². The first-order valence-electron chi connectivity index (χ1n) is 12.5. The van der Waals surface area contributed by atoms with Crippen molar-refractivity contribution in [2.45, 2.75) is 37.7 Å². The van der Waals surface area contributed by atoms with Gasteiger partial charge in [-0.05, 0) is 46.5 Å². The second-order valence-corrected chi connectivity index (χ2v) is 10.1. The number of hydrogen-bond donors (Lipinski definition) is 6. The number of carbonyl (C=O) groups excluding carboxylic acids is 1. The lowest BCUT2D eigenvalue weighted by Crippen LogP contribution is -2.42. The quantitative estimate of drug-likeness (QED) is 0.183. The van der Waals surface area contributed by atoms with Crippen LogP contribution in [0, 0.1) is 11.3 Å². The molecule has 7 N–H and O–H groups in total. The average Bonchev–Trinajstić information content (AvgIpc) is 2.93. The lowest BCUT2D eigenvalue weighted by molar-refractivity contribution is -0.170. The van der Waals surface area contributed by atoms with Gasteiger partial charge in [-0.3, -0.25) is 14.4 Å². The molecule has 222 valence electrons. The summed E-state index contributed by atoms with van der Waals surface area (Å²) in [5.74, 6) is -5.34. The molecule has 0 aromatic heterocycles. The van der Waals surface area contributed by atoms with E-state index in [9.17, 15) is 24.4 Å². The molecule has 0 aliphatic carbocycles. The molecule has 1 amide bonds. The monoisotopic (exact) mass is 617 g/mol. The van der Waals surface area contributed by atoms with Crippen LogP contribution in [0.4, 0.5) is 0 Å². The number of carbonyl (C=O) groups is 4. The number of fused-ring (bicyclic) bond motifs is 1. The normalized spacial score (nSPS) is 11.5. The first-order valence-corrected chi connectivity index (χ1v) is 13.3. The summed E-state index contributed by atoms with van der Waals surface area (Å²) in [6, 6.07) is 17.0. The molecule has 0 heterocycles. The molecule has 3 aromatic carbocycles. The standard InChI is InChI=1S/C23H21Cl2N3O.C6H8O7/c1-2-18-16(11-26)9-15-5-3-4-6-19(15)22(18)23(29)28-13-17(12-27)14-7-8-20(24)21(25)10-14;7-3(8)1-6(13,5(11)12)2-4(9)10/h3-10,17H,2,12-13,27H2,1H3,(H,28,29);13H,1-2H2,(H,7,8)(H,9,10)(H,11,12)/t17-;/m0./s1. The number of nitrogens with one attached hydrogen (secondary N) is 1. The maximum atomic E-state index is 13.2. The van der Waals surface area contributed by atoms with Gasteiger partial charge in [0.25, 0.3) is 5.91 Å². The fourth-order valence-corrected chi connectivity index (χ4v) is 4.55. The van der Waals surface area contributed by atoms with E-state index in [-0.39, 0.29) is 11.8 Å². The van der Waals surface area contributed by atoms with Gasteiger partial charge in [-0.1, -0.05) is 60.5 Å². The number of nitrogens with zero attached hydrogens (tertiary/aromatic N) is 1. The summed E-state index contributed by atoms with van der Waals surface area (Å²) in [5, 5.41) is 49.0. The molecule has 3 aromatic rings. The minimum absolute atomic E-state index is 0.107. The number of rotatable bonds is 11. The zero-order chi connectivity index (χ0) is 31.6. The smallest absolute Gasteiger partial charge is 0.336 e. The molecule has 0 bridgehead atoms. The molecular formula is C29H29Cl2N3O8. The number of aliphatic hydroxyl groups is 1. The molecule has 11 nitrogen and oxygen atoms in total. The topological polar surface area (TPSA) is 211 Å². The van der Waals surface area contributed by atoms with Crippen molar-refractivity contribution < 1.29 is 39.6 Å². The Kier molecular flexibility index (Phi) is 12.3. The number of nitrogens with two attached hydrogens (primary N) is 1. The molecule has 1 atom stereocenters. The molecule has 3 rings (SSSR count). The van der Waals surface area contributed by atoms with Crippen LogP contribution in [0.3, 0.4) is 0 Å². The highest BCUT2D eigenvalue weighted by molar-refractivity contribution is 6.42. The van der Waals surface area contributed by atoms with Crippen molar-refractivity contribution in [1.82, 2.24) is 5.32 Å². The number of carboxylic acid groups (broad SMARTS) is 3. The van der Waals surface area contributed by atoms with Gasteiger partial charge in [-0.15, -0.1) is 0 Å². The molecule has 0 fully saturated rings. The summed E-state index contributed by atoms with van der Waals surface area (Å²) in [5.41, 5.74) is 5.94. The predicted molar refractivity (Wildman–Crippen MR) is 156 cm³/mol. The SMILES string of the molecule is CCc1c(C#N)cc2ccccc2c1C(=O)NC[C@H](CN)c1ccc(Cl)c(Cl)c1.O=C(O)CC(O)(CC(=O)O)C(=O)O. The van der Waals surface area contributed by atoms with E-state index in [1.165, 1.54) is 0 Å². The highest BCUT2D eigenvalue weighted by Crippen LogP contribution is 2.28. The van der Waals surface area contributed by atoms with Crippen LogP contribution >= 0.6 is 23.2 Å². The molecular weight excluding hydrogens is 589 g/mol. The lowest BCUT2D eigenvalue weighted by atomic mass is 9.92. The second-order valence-electron chi connectivity index (χ2n) is 9.26. The van der Waals surface area contributed by atoms with Crippen molar-refractivity contribution in [2.75, 3.05) is 13.1 Å². The zero-order valence-electron chi connectivity index (χ0n) is 22.4. The van der Waals surface area contributed by atoms with Gasteiger partial charge in [0.05, 0.1) is 40.1 Å². The zero-order valence-corrected chi connectivity index (χ0v) is 23.9. The third-order valence-electron chi connectivity index (χ3n) is 6.35. The first kappa shape index (κ1) is 34.0. The molecule has 0 spiro atoms. The van der Waals surface area contributed by atoms with Gasteiger partial charge in [0, 0.05) is 19.0 Å². The number of halogens is 2. The highest BCUT2D eigenvalue weighted by atomic mass is 35.5. The minimum atomic E-state index is -2.74. The second kappa shape index (κ2) is 15.1. The van der Waals surface area contributed by atoms with Gasteiger partial charge in [-0.2, -0.15) is 5.26 Å². The average molecular weight is 618 g/mol. The van der Waals surface area contributed by atoms with E-state index in [1.54, 1.807) is 12.1 Å². The predicted octanol–water partition coefficient (Wildman–Crippen LogP) is 3.80. The van der Waals surface area contributed by atoms with Crippen molar-refractivity contribution >= 4 is 57.8 Å². The third kappa shape index (κ3) is 8.64. The summed E-state index contributed by atoms with van der Waals surface area (Å²) in [4.78, 5) is 43.7. The Morgan fingerprint density at radius 2 is 1.62 bits per heavy atom. The Morgan fingerprint density at radius 1 is 1.00 bits per heavy atom. The maximum absolute atomic E-state index is 13.2. The van der Waals surface area contributed by atoms with E-state index < -0.39 is 36.4 Å². The van der Waals surface area contributed by atoms with Crippen LogP contribution in [-0.4, -0.2) is 62.9 Å².